The Kier molecular flexibility index (Phi) is 5.66. The van der Waals surface area contributed by atoms with Gasteiger partial charge >= 0.3 is 0 Å². The van der Waals surface area contributed by atoms with Gasteiger partial charge in [-0.15, -0.1) is 0 Å². The molecule has 4 rings (SSSR count). The molecular formula is C24H25N5O. The zero-order valence-corrected chi connectivity index (χ0v) is 17.1. The van der Waals surface area contributed by atoms with Crippen LogP contribution in [0.15, 0.2) is 73.2 Å². The number of hydrogen-bond acceptors (Lipinski definition) is 4. The maximum atomic E-state index is 12.6. The number of benzene rings is 2. The van der Waals surface area contributed by atoms with Crippen LogP contribution in [0.2, 0.25) is 0 Å². The van der Waals surface area contributed by atoms with Crippen molar-refractivity contribution in [2.75, 3.05) is 30.9 Å². The van der Waals surface area contributed by atoms with Crippen molar-refractivity contribution in [2.45, 2.75) is 6.42 Å². The average molecular weight is 399 g/mol. The highest BCUT2D eigenvalue weighted by Gasteiger charge is 2.08. The molecule has 0 saturated heterocycles. The van der Waals surface area contributed by atoms with E-state index in [9.17, 15) is 4.79 Å². The van der Waals surface area contributed by atoms with E-state index in [1.165, 1.54) is 10.9 Å². The van der Waals surface area contributed by atoms with Crippen molar-refractivity contribution in [3.8, 4) is 0 Å². The number of nitrogens with zero attached hydrogens (tertiary/aromatic N) is 2. The Bertz CT molecular complexity index is 1150. The van der Waals surface area contributed by atoms with Crippen molar-refractivity contribution in [2.24, 2.45) is 0 Å². The minimum Gasteiger partial charge on any atom is -0.378 e. The van der Waals surface area contributed by atoms with E-state index in [0.29, 0.717) is 12.1 Å². The second-order valence-corrected chi connectivity index (χ2v) is 7.39. The van der Waals surface area contributed by atoms with Gasteiger partial charge in [0.1, 0.15) is 0 Å². The first-order chi connectivity index (χ1) is 14.6. The number of pyridine rings is 1. The number of carbonyl (C=O) groups excluding carboxylic acids is 1. The number of hydrogen-bond donors (Lipinski definition) is 3. The highest BCUT2D eigenvalue weighted by molar-refractivity contribution is 5.95. The molecule has 2 aromatic heterocycles. The third-order valence-corrected chi connectivity index (χ3v) is 5.03. The first-order valence-electron chi connectivity index (χ1n) is 9.93. The van der Waals surface area contributed by atoms with E-state index >= 15 is 0 Å². The predicted molar refractivity (Wildman–Crippen MR) is 123 cm³/mol. The number of H-pyrrole nitrogens is 1. The molecule has 0 fully saturated rings. The van der Waals surface area contributed by atoms with E-state index in [4.69, 9.17) is 0 Å². The first kappa shape index (κ1) is 19.5. The third kappa shape index (κ3) is 4.43. The summed E-state index contributed by atoms with van der Waals surface area (Å²) in [6.45, 7) is 0.560. The quantitative estimate of drug-likeness (QED) is 0.432. The normalized spacial score (nSPS) is 10.7. The van der Waals surface area contributed by atoms with Crippen LogP contribution in [0, 0.1) is 0 Å². The van der Waals surface area contributed by atoms with Crippen LogP contribution >= 0.6 is 0 Å². The van der Waals surface area contributed by atoms with E-state index in [1.54, 1.807) is 12.4 Å². The summed E-state index contributed by atoms with van der Waals surface area (Å²) in [5.74, 6) is -0.131. The summed E-state index contributed by atoms with van der Waals surface area (Å²) >= 11 is 0. The SMILES string of the molecule is CN(C)c1ccc(Nc2cncc(C(=O)NCCc3c[nH]c4ccccc34)c2)cc1. The molecule has 0 spiro atoms. The van der Waals surface area contributed by atoms with Crippen LogP contribution in [0.5, 0.6) is 0 Å². The van der Waals surface area contributed by atoms with Gasteiger partial charge in [-0.25, -0.2) is 0 Å². The molecule has 30 heavy (non-hydrogen) atoms. The number of nitrogens with one attached hydrogen (secondary N) is 3. The fourth-order valence-electron chi connectivity index (χ4n) is 3.39. The molecular weight excluding hydrogens is 374 g/mol. The Morgan fingerprint density at radius 2 is 1.83 bits per heavy atom. The highest BCUT2D eigenvalue weighted by Crippen LogP contribution is 2.20. The zero-order chi connectivity index (χ0) is 20.9. The standard InChI is InChI=1S/C24H25N5O/c1-29(2)21-9-7-19(8-10-21)28-20-13-18(14-25-16-20)24(30)26-12-11-17-15-27-23-6-4-3-5-22(17)23/h3-10,13-16,27-28H,11-12H2,1-2H3,(H,26,30). The molecule has 6 heteroatoms. The van der Waals surface area contributed by atoms with E-state index in [-0.39, 0.29) is 5.91 Å². The van der Waals surface area contributed by atoms with Crippen LogP contribution in [0.25, 0.3) is 10.9 Å². The highest BCUT2D eigenvalue weighted by atomic mass is 16.1. The summed E-state index contributed by atoms with van der Waals surface area (Å²) in [7, 11) is 4.01. The number of para-hydroxylation sites is 1. The van der Waals surface area contributed by atoms with E-state index in [1.807, 2.05) is 67.7 Å². The number of aromatic nitrogens is 2. The molecule has 0 radical (unpaired) electrons. The number of fused-ring (bicyclic) bond motifs is 1. The molecule has 0 aliphatic heterocycles. The van der Waals surface area contributed by atoms with Gasteiger partial charge < -0.3 is 20.5 Å². The molecule has 4 aromatic rings. The van der Waals surface area contributed by atoms with E-state index in [2.05, 4.69) is 32.7 Å². The molecule has 0 unspecified atom stereocenters. The lowest BCUT2D eigenvalue weighted by molar-refractivity contribution is 0.0954. The lowest BCUT2D eigenvalue weighted by Gasteiger charge is -2.13. The maximum absolute atomic E-state index is 12.6. The van der Waals surface area contributed by atoms with Crippen molar-refractivity contribution in [3.05, 3.63) is 84.3 Å². The monoisotopic (exact) mass is 399 g/mol. The average Bonchev–Trinajstić information content (AvgIpc) is 3.17. The Morgan fingerprint density at radius 1 is 1.03 bits per heavy atom. The summed E-state index contributed by atoms with van der Waals surface area (Å²) < 4.78 is 0. The molecule has 3 N–H and O–H groups in total. The number of anilines is 3. The zero-order valence-electron chi connectivity index (χ0n) is 17.1. The lowest BCUT2D eigenvalue weighted by atomic mass is 10.1. The van der Waals surface area contributed by atoms with Gasteiger partial charge in [0.05, 0.1) is 17.4 Å². The molecule has 0 atom stereocenters. The molecule has 0 saturated carbocycles. The van der Waals surface area contributed by atoms with Crippen molar-refractivity contribution in [1.82, 2.24) is 15.3 Å². The summed E-state index contributed by atoms with van der Waals surface area (Å²) in [6, 6.07) is 18.1. The van der Waals surface area contributed by atoms with Crippen LogP contribution in [-0.4, -0.2) is 36.5 Å². The molecule has 0 bridgehead atoms. The number of carbonyl (C=O) groups is 1. The van der Waals surface area contributed by atoms with Gasteiger partial charge in [0, 0.05) is 55.3 Å². The molecule has 0 aliphatic carbocycles. The minimum atomic E-state index is -0.131. The van der Waals surface area contributed by atoms with Crippen molar-refractivity contribution >= 4 is 33.9 Å². The second-order valence-electron chi connectivity index (χ2n) is 7.39. The van der Waals surface area contributed by atoms with E-state index < -0.39 is 0 Å². The van der Waals surface area contributed by atoms with Crippen LogP contribution in [0.1, 0.15) is 15.9 Å². The Hall–Kier alpha value is -3.80. The maximum Gasteiger partial charge on any atom is 0.252 e. The van der Waals surface area contributed by atoms with Gasteiger partial charge in [0.15, 0.2) is 0 Å². The van der Waals surface area contributed by atoms with Gasteiger partial charge in [-0.1, -0.05) is 18.2 Å². The summed E-state index contributed by atoms with van der Waals surface area (Å²) in [5.41, 5.74) is 5.68. The van der Waals surface area contributed by atoms with Crippen LogP contribution in [0.3, 0.4) is 0 Å². The third-order valence-electron chi connectivity index (χ3n) is 5.03. The van der Waals surface area contributed by atoms with E-state index in [0.717, 1.165) is 29.0 Å². The largest absolute Gasteiger partial charge is 0.378 e. The Morgan fingerprint density at radius 3 is 2.63 bits per heavy atom. The first-order valence-corrected chi connectivity index (χ1v) is 9.93. The van der Waals surface area contributed by atoms with Gasteiger partial charge in [-0.3, -0.25) is 9.78 Å². The number of rotatable bonds is 7. The van der Waals surface area contributed by atoms with Crippen LogP contribution < -0.4 is 15.5 Å². The molecule has 1 amide bonds. The lowest BCUT2D eigenvalue weighted by Crippen LogP contribution is -2.25. The second kappa shape index (κ2) is 8.69. The number of aromatic amines is 1. The summed E-state index contributed by atoms with van der Waals surface area (Å²) in [5, 5.41) is 7.48. The fourth-order valence-corrected chi connectivity index (χ4v) is 3.39. The van der Waals surface area contributed by atoms with Crippen molar-refractivity contribution in [1.29, 1.82) is 0 Å². The van der Waals surface area contributed by atoms with Gasteiger partial charge in [0.25, 0.3) is 5.91 Å². The molecule has 0 aliphatic rings. The van der Waals surface area contributed by atoms with Crippen LogP contribution in [-0.2, 0) is 6.42 Å². The minimum absolute atomic E-state index is 0.131. The fraction of sp³-hybridized carbons (Fsp3) is 0.167. The van der Waals surface area contributed by atoms with Gasteiger partial charge in [-0.2, -0.15) is 0 Å². The molecule has 2 aromatic carbocycles. The van der Waals surface area contributed by atoms with Crippen LogP contribution in [0.4, 0.5) is 17.1 Å². The summed E-state index contributed by atoms with van der Waals surface area (Å²) in [6.07, 6.45) is 6.06. The smallest absolute Gasteiger partial charge is 0.252 e. The topological polar surface area (TPSA) is 73.1 Å². The van der Waals surface area contributed by atoms with Gasteiger partial charge in [0.2, 0.25) is 0 Å². The molecule has 6 nitrogen and oxygen atoms in total. The molecule has 152 valence electrons. The van der Waals surface area contributed by atoms with Crippen molar-refractivity contribution < 1.29 is 4.79 Å². The van der Waals surface area contributed by atoms with Gasteiger partial charge in [-0.05, 0) is 48.4 Å². The predicted octanol–water partition coefficient (Wildman–Crippen LogP) is 4.35. The number of amides is 1. The molecule has 2 heterocycles. The Labute approximate surface area is 176 Å². The Balaban J connectivity index is 1.36. The summed E-state index contributed by atoms with van der Waals surface area (Å²) in [4.78, 5) is 22.1. The van der Waals surface area contributed by atoms with Crippen molar-refractivity contribution in [3.63, 3.8) is 0 Å².